The van der Waals surface area contributed by atoms with Crippen molar-refractivity contribution in [1.82, 2.24) is 0 Å². The van der Waals surface area contributed by atoms with E-state index in [1.54, 1.807) is 24.3 Å². The number of hydrogen-bond acceptors (Lipinski definition) is 6. The summed E-state index contributed by atoms with van der Waals surface area (Å²) in [5, 5.41) is 0. The fraction of sp³-hybridized carbons (Fsp3) is 0.304. The van der Waals surface area contributed by atoms with Gasteiger partial charge in [-0.2, -0.15) is 0 Å². The molecule has 0 fully saturated rings. The summed E-state index contributed by atoms with van der Waals surface area (Å²) in [7, 11) is 1.93. The van der Waals surface area contributed by atoms with Gasteiger partial charge in [-0.1, -0.05) is 44.2 Å². The molecular formula is C23H23NO5. The number of benzene rings is 2. The van der Waals surface area contributed by atoms with E-state index in [0.717, 1.165) is 16.9 Å². The number of allylic oxidation sites excluding steroid dienone is 1. The summed E-state index contributed by atoms with van der Waals surface area (Å²) in [6.07, 6.45) is 0.668. The third-order valence-electron chi connectivity index (χ3n) is 5.37. The van der Waals surface area contributed by atoms with Gasteiger partial charge in [-0.05, 0) is 23.8 Å². The van der Waals surface area contributed by atoms with Crippen LogP contribution in [0.3, 0.4) is 0 Å². The lowest BCUT2D eigenvalue weighted by Crippen LogP contribution is -2.38. The molecule has 4 rings (SSSR count). The Hall–Kier alpha value is -3.28. The monoisotopic (exact) mass is 393 g/mol. The molecule has 0 saturated carbocycles. The normalized spacial score (nSPS) is 20.3. The number of anilines is 1. The van der Waals surface area contributed by atoms with Gasteiger partial charge in [-0.15, -0.1) is 0 Å². The fourth-order valence-electron chi connectivity index (χ4n) is 3.82. The van der Waals surface area contributed by atoms with E-state index in [9.17, 15) is 9.59 Å². The highest BCUT2D eigenvalue weighted by Crippen LogP contribution is 2.46. The second-order valence-electron chi connectivity index (χ2n) is 7.67. The SMILES string of the molecule is CN1/C(=C/C(=O)COC(=O)C2COc3ccccc3O2)C(C)(C)c2ccccc21. The zero-order chi connectivity index (χ0) is 20.6. The summed E-state index contributed by atoms with van der Waals surface area (Å²) in [5.41, 5.74) is 2.78. The average molecular weight is 393 g/mol. The molecule has 6 nitrogen and oxygen atoms in total. The van der Waals surface area contributed by atoms with Gasteiger partial charge in [0.1, 0.15) is 6.61 Å². The van der Waals surface area contributed by atoms with Crippen LogP contribution in [-0.4, -0.2) is 38.1 Å². The predicted octanol–water partition coefficient (Wildman–Crippen LogP) is 3.25. The number of fused-ring (bicyclic) bond motifs is 2. The summed E-state index contributed by atoms with van der Waals surface area (Å²) in [5.74, 6) is 0.177. The van der Waals surface area contributed by atoms with E-state index in [4.69, 9.17) is 14.2 Å². The van der Waals surface area contributed by atoms with E-state index in [2.05, 4.69) is 19.9 Å². The number of esters is 1. The van der Waals surface area contributed by atoms with Crippen molar-refractivity contribution in [2.24, 2.45) is 0 Å². The quantitative estimate of drug-likeness (QED) is 0.587. The first-order chi connectivity index (χ1) is 13.9. The van der Waals surface area contributed by atoms with Gasteiger partial charge in [0.05, 0.1) is 0 Å². The maximum Gasteiger partial charge on any atom is 0.351 e. The third-order valence-corrected chi connectivity index (χ3v) is 5.37. The predicted molar refractivity (Wildman–Crippen MR) is 108 cm³/mol. The molecule has 0 aliphatic carbocycles. The Labute approximate surface area is 169 Å². The number of carbonyl (C=O) groups excluding carboxylic acids is 2. The molecule has 2 aliphatic heterocycles. The van der Waals surface area contributed by atoms with Crippen molar-refractivity contribution in [3.8, 4) is 11.5 Å². The van der Waals surface area contributed by atoms with E-state index in [-0.39, 0.29) is 24.4 Å². The van der Waals surface area contributed by atoms with Crippen LogP contribution in [0.4, 0.5) is 5.69 Å². The number of rotatable bonds is 4. The molecule has 2 aromatic carbocycles. The Morgan fingerprint density at radius 2 is 1.83 bits per heavy atom. The lowest BCUT2D eigenvalue weighted by molar-refractivity contribution is -0.156. The molecule has 0 saturated heterocycles. The molecule has 1 atom stereocenters. The van der Waals surface area contributed by atoms with Crippen LogP contribution in [0.25, 0.3) is 0 Å². The molecule has 150 valence electrons. The zero-order valence-electron chi connectivity index (χ0n) is 16.7. The van der Waals surface area contributed by atoms with Crippen LogP contribution < -0.4 is 14.4 Å². The first kappa shape index (κ1) is 19.1. The summed E-state index contributed by atoms with van der Waals surface area (Å²) in [6, 6.07) is 15.2. The highest BCUT2D eigenvalue weighted by atomic mass is 16.6. The van der Waals surface area contributed by atoms with Crippen LogP contribution in [-0.2, 0) is 19.7 Å². The van der Waals surface area contributed by atoms with Gasteiger partial charge in [0, 0.05) is 29.9 Å². The lowest BCUT2D eigenvalue weighted by Gasteiger charge is -2.25. The fourth-order valence-corrected chi connectivity index (χ4v) is 3.82. The summed E-state index contributed by atoms with van der Waals surface area (Å²) >= 11 is 0. The van der Waals surface area contributed by atoms with Gasteiger partial charge in [0.2, 0.25) is 6.10 Å². The van der Waals surface area contributed by atoms with Crippen molar-refractivity contribution < 1.29 is 23.8 Å². The third kappa shape index (κ3) is 3.46. The Morgan fingerprint density at radius 1 is 1.14 bits per heavy atom. The maximum atomic E-state index is 12.5. The van der Waals surface area contributed by atoms with Crippen molar-refractivity contribution in [2.75, 3.05) is 25.2 Å². The van der Waals surface area contributed by atoms with Gasteiger partial charge in [-0.25, -0.2) is 4.79 Å². The number of ether oxygens (including phenoxy) is 3. The zero-order valence-corrected chi connectivity index (χ0v) is 16.7. The average Bonchev–Trinajstić information content (AvgIpc) is 2.92. The van der Waals surface area contributed by atoms with Gasteiger partial charge < -0.3 is 19.1 Å². The molecule has 2 heterocycles. The van der Waals surface area contributed by atoms with E-state index in [1.165, 1.54) is 0 Å². The number of likely N-dealkylation sites (N-methyl/N-ethyl adjacent to an activating group) is 1. The van der Waals surface area contributed by atoms with E-state index in [1.807, 2.05) is 36.2 Å². The molecule has 1 unspecified atom stereocenters. The molecule has 2 aliphatic rings. The molecular weight excluding hydrogens is 370 g/mol. The second-order valence-corrected chi connectivity index (χ2v) is 7.67. The molecule has 2 aromatic rings. The van der Waals surface area contributed by atoms with Crippen molar-refractivity contribution in [1.29, 1.82) is 0 Å². The summed E-state index contributed by atoms with van der Waals surface area (Å²) in [6.45, 7) is 3.86. The minimum absolute atomic E-state index is 0.0518. The van der Waals surface area contributed by atoms with Gasteiger partial charge >= 0.3 is 5.97 Å². The Morgan fingerprint density at radius 3 is 2.59 bits per heavy atom. The number of para-hydroxylation sites is 3. The minimum Gasteiger partial charge on any atom is -0.485 e. The Balaban J connectivity index is 1.40. The smallest absolute Gasteiger partial charge is 0.351 e. The molecule has 0 radical (unpaired) electrons. The minimum atomic E-state index is -0.889. The van der Waals surface area contributed by atoms with Gasteiger partial charge in [0.15, 0.2) is 23.9 Å². The molecule has 0 spiro atoms. The lowest BCUT2D eigenvalue weighted by atomic mass is 9.83. The summed E-state index contributed by atoms with van der Waals surface area (Å²) < 4.78 is 16.3. The number of nitrogens with zero attached hydrogens (tertiary/aromatic N) is 1. The molecule has 6 heteroatoms. The molecule has 0 aromatic heterocycles. The van der Waals surface area contributed by atoms with Crippen molar-refractivity contribution in [3.63, 3.8) is 0 Å². The first-order valence-electron chi connectivity index (χ1n) is 9.51. The van der Waals surface area contributed by atoms with Crippen LogP contribution in [0.2, 0.25) is 0 Å². The van der Waals surface area contributed by atoms with E-state index >= 15 is 0 Å². The molecule has 0 amide bonds. The van der Waals surface area contributed by atoms with Crippen molar-refractivity contribution in [2.45, 2.75) is 25.4 Å². The Bertz CT molecular complexity index is 994. The second kappa shape index (κ2) is 7.28. The molecule has 0 bridgehead atoms. The van der Waals surface area contributed by atoms with Crippen molar-refractivity contribution in [3.05, 3.63) is 65.9 Å². The van der Waals surface area contributed by atoms with Crippen LogP contribution in [0.1, 0.15) is 19.4 Å². The van der Waals surface area contributed by atoms with Gasteiger partial charge in [-0.3, -0.25) is 4.79 Å². The van der Waals surface area contributed by atoms with Crippen LogP contribution >= 0.6 is 0 Å². The molecule has 0 N–H and O–H groups in total. The number of carbonyl (C=O) groups is 2. The Kier molecular flexibility index (Phi) is 4.78. The first-order valence-corrected chi connectivity index (χ1v) is 9.51. The topological polar surface area (TPSA) is 65.1 Å². The maximum absolute atomic E-state index is 12.5. The van der Waals surface area contributed by atoms with E-state index < -0.39 is 12.1 Å². The van der Waals surface area contributed by atoms with Gasteiger partial charge in [0.25, 0.3) is 0 Å². The molecule has 29 heavy (non-hydrogen) atoms. The highest BCUT2D eigenvalue weighted by Gasteiger charge is 2.38. The van der Waals surface area contributed by atoms with Crippen LogP contribution in [0.15, 0.2) is 60.3 Å². The standard InChI is InChI=1S/C23H23NO5/c1-23(2)16-8-4-5-9-17(16)24(3)21(23)12-15(25)13-28-22(26)20-14-27-18-10-6-7-11-19(18)29-20/h4-12,20H,13-14H2,1-3H3/b21-12+. The van der Waals surface area contributed by atoms with Crippen molar-refractivity contribution >= 4 is 17.4 Å². The van der Waals surface area contributed by atoms with Crippen LogP contribution in [0, 0.1) is 0 Å². The van der Waals surface area contributed by atoms with E-state index in [0.29, 0.717) is 11.5 Å². The summed E-state index contributed by atoms with van der Waals surface area (Å²) in [4.78, 5) is 26.8. The highest BCUT2D eigenvalue weighted by molar-refractivity contribution is 5.94. The number of ketones is 1. The number of hydrogen-bond donors (Lipinski definition) is 0. The van der Waals surface area contributed by atoms with Crippen LogP contribution in [0.5, 0.6) is 11.5 Å². The largest absolute Gasteiger partial charge is 0.485 e.